The first-order valence-corrected chi connectivity index (χ1v) is 9.16. The third-order valence-electron chi connectivity index (χ3n) is 4.75. The maximum Gasteiger partial charge on any atom is 0.375 e. The number of esters is 1. The Balaban J connectivity index is 1.58. The van der Waals surface area contributed by atoms with Crippen molar-refractivity contribution in [3.05, 3.63) is 42.1 Å². The molecule has 1 fully saturated rings. The van der Waals surface area contributed by atoms with Gasteiger partial charge in [-0.3, -0.25) is 9.48 Å². The van der Waals surface area contributed by atoms with E-state index >= 15 is 0 Å². The first-order chi connectivity index (χ1) is 12.6. The average Bonchev–Trinajstić information content (AvgIpc) is 3.33. The molecule has 0 N–H and O–H groups in total. The monoisotopic (exact) mass is 359 g/mol. The summed E-state index contributed by atoms with van der Waals surface area (Å²) in [5.74, 6) is -0.0601. The number of hydrogen-bond acceptors (Lipinski definition) is 5. The fourth-order valence-electron chi connectivity index (χ4n) is 3.34. The van der Waals surface area contributed by atoms with Crippen LogP contribution in [-0.2, 0) is 16.1 Å². The van der Waals surface area contributed by atoms with Crippen molar-refractivity contribution in [3.63, 3.8) is 0 Å². The predicted molar refractivity (Wildman–Crippen MR) is 94.6 cm³/mol. The van der Waals surface area contributed by atoms with Gasteiger partial charge in [0.1, 0.15) is 5.76 Å². The molecular formula is C19H25N3O4. The minimum Gasteiger partial charge on any atom is -0.452 e. The van der Waals surface area contributed by atoms with Crippen LogP contribution in [0.15, 0.2) is 35.0 Å². The van der Waals surface area contributed by atoms with Gasteiger partial charge in [-0.05, 0) is 50.8 Å². The molecule has 0 bridgehead atoms. The number of nitrogens with zero attached hydrogens (tertiary/aromatic N) is 3. The zero-order chi connectivity index (χ0) is 18.5. The summed E-state index contributed by atoms with van der Waals surface area (Å²) in [6.07, 6.45) is 6.73. The number of hydrogen-bond donors (Lipinski definition) is 0. The number of furan rings is 1. The summed E-state index contributed by atoms with van der Waals surface area (Å²) in [6.45, 7) is 4.86. The van der Waals surface area contributed by atoms with Crippen LogP contribution in [0.2, 0.25) is 0 Å². The van der Waals surface area contributed by atoms with Crippen LogP contribution >= 0.6 is 0 Å². The lowest BCUT2D eigenvalue weighted by Crippen LogP contribution is -2.48. The third-order valence-corrected chi connectivity index (χ3v) is 4.75. The second-order valence-corrected chi connectivity index (χ2v) is 6.61. The summed E-state index contributed by atoms with van der Waals surface area (Å²) < 4.78 is 12.6. The lowest BCUT2D eigenvalue weighted by atomic mass is 9.99. The van der Waals surface area contributed by atoms with E-state index < -0.39 is 12.1 Å². The Kier molecular flexibility index (Phi) is 5.75. The Bertz CT molecular complexity index is 738. The van der Waals surface area contributed by atoms with Crippen LogP contribution in [0, 0.1) is 0 Å². The molecule has 1 saturated heterocycles. The van der Waals surface area contributed by atoms with E-state index in [9.17, 15) is 9.59 Å². The smallest absolute Gasteiger partial charge is 0.375 e. The maximum atomic E-state index is 12.7. The molecule has 1 aliphatic heterocycles. The van der Waals surface area contributed by atoms with E-state index in [2.05, 4.69) is 12.0 Å². The van der Waals surface area contributed by atoms with E-state index in [1.54, 1.807) is 29.9 Å². The largest absolute Gasteiger partial charge is 0.452 e. The number of aromatic nitrogens is 2. The van der Waals surface area contributed by atoms with Gasteiger partial charge in [0, 0.05) is 25.0 Å². The van der Waals surface area contributed by atoms with Crippen LogP contribution in [0.1, 0.15) is 55.8 Å². The fraction of sp³-hybridized carbons (Fsp3) is 0.526. The van der Waals surface area contributed by atoms with Gasteiger partial charge in [0.25, 0.3) is 5.91 Å². The fourth-order valence-corrected chi connectivity index (χ4v) is 3.34. The number of rotatable bonds is 6. The minimum absolute atomic E-state index is 0.0949. The van der Waals surface area contributed by atoms with Crippen LogP contribution in [0.4, 0.5) is 0 Å². The van der Waals surface area contributed by atoms with Gasteiger partial charge < -0.3 is 14.1 Å². The topological polar surface area (TPSA) is 77.6 Å². The minimum atomic E-state index is -0.825. The SMILES string of the molecule is CCC1CCCCN1C(=O)C(C)OC(=O)c1ccc(Cn2cccn2)o1. The molecule has 3 rings (SSSR count). The second-order valence-electron chi connectivity index (χ2n) is 6.61. The van der Waals surface area contributed by atoms with Crippen molar-refractivity contribution in [2.45, 2.75) is 58.2 Å². The molecule has 7 heteroatoms. The zero-order valence-corrected chi connectivity index (χ0v) is 15.3. The van der Waals surface area contributed by atoms with Crippen LogP contribution in [-0.4, -0.2) is 45.2 Å². The second kappa shape index (κ2) is 8.21. The highest BCUT2D eigenvalue weighted by Gasteiger charge is 2.31. The molecule has 0 spiro atoms. The van der Waals surface area contributed by atoms with Gasteiger partial charge in [-0.1, -0.05) is 6.92 Å². The quantitative estimate of drug-likeness (QED) is 0.741. The van der Waals surface area contributed by atoms with Crippen LogP contribution < -0.4 is 0 Å². The van der Waals surface area contributed by atoms with Crippen molar-refractivity contribution in [3.8, 4) is 0 Å². The van der Waals surface area contributed by atoms with Gasteiger partial charge in [-0.25, -0.2) is 4.79 Å². The van der Waals surface area contributed by atoms with Gasteiger partial charge in [0.05, 0.1) is 6.54 Å². The summed E-state index contributed by atoms with van der Waals surface area (Å²) in [4.78, 5) is 26.8. The summed E-state index contributed by atoms with van der Waals surface area (Å²) in [5.41, 5.74) is 0. The summed E-state index contributed by atoms with van der Waals surface area (Å²) in [7, 11) is 0. The highest BCUT2D eigenvalue weighted by atomic mass is 16.6. The molecule has 0 radical (unpaired) electrons. The summed E-state index contributed by atoms with van der Waals surface area (Å²) in [5, 5.41) is 4.09. The molecule has 2 aromatic rings. The number of likely N-dealkylation sites (tertiary alicyclic amines) is 1. The van der Waals surface area contributed by atoms with E-state index in [0.29, 0.717) is 12.3 Å². The summed E-state index contributed by atoms with van der Waals surface area (Å²) in [6, 6.07) is 5.33. The van der Waals surface area contributed by atoms with Crippen molar-refractivity contribution in [1.82, 2.24) is 14.7 Å². The van der Waals surface area contributed by atoms with Gasteiger partial charge in [0.15, 0.2) is 6.10 Å². The molecule has 3 heterocycles. The van der Waals surface area contributed by atoms with Crippen molar-refractivity contribution < 1.29 is 18.7 Å². The highest BCUT2D eigenvalue weighted by Crippen LogP contribution is 2.21. The molecule has 2 aromatic heterocycles. The predicted octanol–water partition coefficient (Wildman–Crippen LogP) is 2.86. The van der Waals surface area contributed by atoms with E-state index in [4.69, 9.17) is 9.15 Å². The van der Waals surface area contributed by atoms with Gasteiger partial charge >= 0.3 is 5.97 Å². The molecule has 140 valence electrons. The molecular weight excluding hydrogens is 334 g/mol. The average molecular weight is 359 g/mol. The van der Waals surface area contributed by atoms with Crippen molar-refractivity contribution in [1.29, 1.82) is 0 Å². The Morgan fingerprint density at radius 1 is 1.38 bits per heavy atom. The first kappa shape index (κ1) is 18.2. The molecule has 26 heavy (non-hydrogen) atoms. The van der Waals surface area contributed by atoms with Crippen LogP contribution in [0.3, 0.4) is 0 Å². The van der Waals surface area contributed by atoms with Crippen LogP contribution in [0.25, 0.3) is 0 Å². The number of ether oxygens (including phenoxy) is 1. The molecule has 2 unspecified atom stereocenters. The number of piperidine rings is 1. The van der Waals surface area contributed by atoms with E-state index in [1.807, 2.05) is 17.2 Å². The molecule has 0 saturated carbocycles. The zero-order valence-electron chi connectivity index (χ0n) is 15.3. The lowest BCUT2D eigenvalue weighted by molar-refractivity contribution is -0.143. The molecule has 2 atom stereocenters. The Labute approximate surface area is 152 Å². The first-order valence-electron chi connectivity index (χ1n) is 9.16. The van der Waals surface area contributed by atoms with E-state index in [0.717, 1.165) is 32.2 Å². The van der Waals surface area contributed by atoms with Gasteiger partial charge in [0.2, 0.25) is 5.76 Å². The third kappa shape index (κ3) is 4.15. The number of amides is 1. The Hall–Kier alpha value is -2.57. The molecule has 1 aliphatic rings. The van der Waals surface area contributed by atoms with Crippen molar-refractivity contribution in [2.75, 3.05) is 6.54 Å². The Morgan fingerprint density at radius 3 is 2.96 bits per heavy atom. The summed E-state index contributed by atoms with van der Waals surface area (Å²) >= 11 is 0. The number of carbonyl (C=O) groups excluding carboxylic acids is 2. The van der Waals surface area contributed by atoms with Crippen molar-refractivity contribution in [2.24, 2.45) is 0 Å². The molecule has 1 amide bonds. The molecule has 7 nitrogen and oxygen atoms in total. The lowest BCUT2D eigenvalue weighted by Gasteiger charge is -2.36. The standard InChI is InChI=1S/C19H25N3O4/c1-3-15-7-4-5-12-22(15)18(23)14(2)25-19(24)17-9-8-16(26-17)13-21-11-6-10-20-21/h6,8-11,14-15H,3-5,7,12-13H2,1-2H3. The van der Waals surface area contributed by atoms with Gasteiger partial charge in [-0.15, -0.1) is 0 Å². The van der Waals surface area contributed by atoms with Gasteiger partial charge in [-0.2, -0.15) is 5.10 Å². The Morgan fingerprint density at radius 2 is 2.23 bits per heavy atom. The number of carbonyl (C=O) groups is 2. The molecule has 0 aliphatic carbocycles. The van der Waals surface area contributed by atoms with E-state index in [1.165, 1.54) is 0 Å². The molecule has 0 aromatic carbocycles. The van der Waals surface area contributed by atoms with E-state index in [-0.39, 0.29) is 17.7 Å². The van der Waals surface area contributed by atoms with Crippen molar-refractivity contribution >= 4 is 11.9 Å². The normalized spacial score (nSPS) is 18.5. The highest BCUT2D eigenvalue weighted by molar-refractivity contribution is 5.90. The van der Waals surface area contributed by atoms with Crippen LogP contribution in [0.5, 0.6) is 0 Å². The maximum absolute atomic E-state index is 12.7.